The summed E-state index contributed by atoms with van der Waals surface area (Å²) in [6, 6.07) is 15.0. The van der Waals surface area contributed by atoms with Crippen LogP contribution in [0.4, 0.5) is 11.4 Å². The molecule has 0 atom stereocenters. The Balaban J connectivity index is 1.82. The van der Waals surface area contributed by atoms with Gasteiger partial charge in [-0.15, -0.1) is 0 Å². The summed E-state index contributed by atoms with van der Waals surface area (Å²) in [5, 5.41) is 6.34. The second-order valence-corrected chi connectivity index (χ2v) is 5.20. The average Bonchev–Trinajstić information content (AvgIpc) is 2.56. The summed E-state index contributed by atoms with van der Waals surface area (Å²) in [4.78, 5) is 35.2. The van der Waals surface area contributed by atoms with E-state index in [1.54, 1.807) is 48.5 Å². The number of rotatable bonds is 3. The van der Waals surface area contributed by atoms with Gasteiger partial charge in [0, 0.05) is 18.3 Å². The third-order valence-corrected chi connectivity index (χ3v) is 3.36. The highest BCUT2D eigenvalue weighted by Crippen LogP contribution is 2.16. The Morgan fingerprint density at radius 1 is 0.917 bits per heavy atom. The number of hydrogen-bond acceptors (Lipinski definition) is 4. The van der Waals surface area contributed by atoms with Gasteiger partial charge in [0.05, 0.1) is 5.39 Å². The van der Waals surface area contributed by atoms with Crippen LogP contribution in [-0.2, 0) is 4.79 Å². The molecule has 2 aromatic carbocycles. The molecule has 0 spiro atoms. The summed E-state index contributed by atoms with van der Waals surface area (Å²) >= 11 is 0. The van der Waals surface area contributed by atoms with Crippen LogP contribution in [-0.4, -0.2) is 11.8 Å². The fourth-order valence-corrected chi connectivity index (χ4v) is 2.28. The Morgan fingerprint density at radius 3 is 2.21 bits per heavy atom. The smallest absolute Gasteiger partial charge is 0.344 e. The molecule has 120 valence electrons. The maximum Gasteiger partial charge on any atom is 0.344 e. The molecule has 3 rings (SSSR count). The van der Waals surface area contributed by atoms with Gasteiger partial charge in [-0.1, -0.05) is 18.2 Å². The molecule has 1 aromatic heterocycles. The minimum Gasteiger partial charge on any atom is -0.417 e. The van der Waals surface area contributed by atoms with Crippen LogP contribution in [0.25, 0.3) is 10.8 Å². The molecule has 2 N–H and O–H groups in total. The van der Waals surface area contributed by atoms with Crippen LogP contribution in [0.3, 0.4) is 0 Å². The fourth-order valence-electron chi connectivity index (χ4n) is 2.28. The second kappa shape index (κ2) is 6.37. The van der Waals surface area contributed by atoms with Gasteiger partial charge < -0.3 is 15.1 Å². The minimum absolute atomic E-state index is 0.0652. The molecule has 6 nitrogen and oxygen atoms in total. The third-order valence-electron chi connectivity index (χ3n) is 3.36. The highest BCUT2D eigenvalue weighted by Gasteiger charge is 2.12. The molecule has 24 heavy (non-hydrogen) atoms. The Morgan fingerprint density at radius 2 is 1.54 bits per heavy atom. The molecule has 0 radical (unpaired) electrons. The molecule has 0 bridgehead atoms. The molecule has 6 heteroatoms. The zero-order valence-corrected chi connectivity index (χ0v) is 12.8. The van der Waals surface area contributed by atoms with Gasteiger partial charge in [-0.2, -0.15) is 0 Å². The van der Waals surface area contributed by atoms with Gasteiger partial charge in [0.15, 0.2) is 5.76 Å². The number of carbonyl (C=O) groups excluding carboxylic acids is 2. The molecule has 0 aliphatic carbocycles. The first-order valence-corrected chi connectivity index (χ1v) is 7.25. The monoisotopic (exact) mass is 322 g/mol. The molecule has 3 aromatic rings. The van der Waals surface area contributed by atoms with Gasteiger partial charge in [-0.25, -0.2) is 4.79 Å². The van der Waals surface area contributed by atoms with Crippen molar-refractivity contribution in [2.24, 2.45) is 0 Å². The second-order valence-electron chi connectivity index (χ2n) is 5.20. The van der Waals surface area contributed by atoms with Gasteiger partial charge in [-0.3, -0.25) is 9.59 Å². The maximum absolute atomic E-state index is 12.3. The number of carbonyl (C=O) groups is 2. The first kappa shape index (κ1) is 15.5. The van der Waals surface area contributed by atoms with Gasteiger partial charge in [0.1, 0.15) is 0 Å². The predicted octanol–water partition coefficient (Wildman–Crippen LogP) is 3.00. The number of nitrogens with one attached hydrogen (secondary N) is 2. The lowest BCUT2D eigenvalue weighted by molar-refractivity contribution is -0.114. The molecular weight excluding hydrogens is 308 g/mol. The molecule has 0 unspecified atom stereocenters. The lowest BCUT2D eigenvalue weighted by atomic mass is 10.1. The van der Waals surface area contributed by atoms with Crippen molar-refractivity contribution in [3.8, 4) is 0 Å². The molecule has 0 aliphatic heterocycles. The fraction of sp³-hybridized carbons (Fsp3) is 0.0556. The summed E-state index contributed by atoms with van der Waals surface area (Å²) in [7, 11) is 0. The quantitative estimate of drug-likeness (QED) is 0.776. The Bertz CT molecular complexity index is 974. The minimum atomic E-state index is -0.556. The van der Waals surface area contributed by atoms with Crippen LogP contribution in [0.5, 0.6) is 0 Å². The number of amides is 2. The van der Waals surface area contributed by atoms with Gasteiger partial charge in [-0.05, 0) is 41.8 Å². The van der Waals surface area contributed by atoms with Crippen LogP contribution in [0.15, 0.2) is 63.8 Å². The van der Waals surface area contributed by atoms with Gasteiger partial charge in [0.25, 0.3) is 5.91 Å². The SMILES string of the molecule is CC(=O)Nc1ccc(NC(=O)c2cc3ccccc3c(=O)o2)cc1. The first-order chi connectivity index (χ1) is 11.5. The molecule has 0 fully saturated rings. The van der Waals surface area contributed by atoms with E-state index in [1.165, 1.54) is 13.0 Å². The number of hydrogen-bond donors (Lipinski definition) is 2. The van der Waals surface area contributed by atoms with Crippen molar-refractivity contribution in [1.82, 2.24) is 0 Å². The van der Waals surface area contributed by atoms with Crippen molar-refractivity contribution >= 4 is 34.0 Å². The van der Waals surface area contributed by atoms with E-state index in [2.05, 4.69) is 10.6 Å². The van der Waals surface area contributed by atoms with Crippen molar-refractivity contribution in [2.75, 3.05) is 10.6 Å². The summed E-state index contributed by atoms with van der Waals surface area (Å²) < 4.78 is 5.08. The van der Waals surface area contributed by atoms with Crippen molar-refractivity contribution < 1.29 is 14.0 Å². The molecule has 1 heterocycles. The number of fused-ring (bicyclic) bond motifs is 1. The van der Waals surface area contributed by atoms with Crippen LogP contribution in [0, 0.1) is 0 Å². The zero-order valence-electron chi connectivity index (χ0n) is 12.8. The molecular formula is C18H14N2O4. The standard InChI is InChI=1S/C18H14N2O4/c1-11(21)19-13-6-8-14(9-7-13)20-17(22)16-10-12-4-2-3-5-15(12)18(23)24-16/h2-10H,1H3,(H,19,21)(H,20,22). The lowest BCUT2D eigenvalue weighted by Crippen LogP contribution is -2.15. The highest BCUT2D eigenvalue weighted by molar-refractivity contribution is 6.04. The molecule has 0 aliphatic rings. The topological polar surface area (TPSA) is 88.4 Å². The summed E-state index contributed by atoms with van der Waals surface area (Å²) in [6.07, 6.45) is 0. The van der Waals surface area contributed by atoms with E-state index in [0.29, 0.717) is 22.1 Å². The molecule has 0 saturated heterocycles. The normalized spacial score (nSPS) is 10.4. The van der Waals surface area contributed by atoms with Crippen LogP contribution < -0.4 is 16.3 Å². The number of benzene rings is 2. The first-order valence-electron chi connectivity index (χ1n) is 7.25. The highest BCUT2D eigenvalue weighted by atomic mass is 16.4. The third kappa shape index (κ3) is 3.33. The van der Waals surface area contributed by atoms with Gasteiger partial charge >= 0.3 is 5.63 Å². The van der Waals surface area contributed by atoms with Crippen molar-refractivity contribution in [2.45, 2.75) is 6.92 Å². The zero-order chi connectivity index (χ0) is 17.1. The Kier molecular flexibility index (Phi) is 4.11. The van der Waals surface area contributed by atoms with E-state index in [4.69, 9.17) is 4.42 Å². The van der Waals surface area contributed by atoms with Crippen LogP contribution in [0.1, 0.15) is 17.5 Å². The lowest BCUT2D eigenvalue weighted by Gasteiger charge is -2.07. The Hall–Kier alpha value is -3.41. The predicted molar refractivity (Wildman–Crippen MR) is 91.2 cm³/mol. The average molecular weight is 322 g/mol. The number of anilines is 2. The van der Waals surface area contributed by atoms with E-state index in [9.17, 15) is 14.4 Å². The van der Waals surface area contributed by atoms with E-state index in [-0.39, 0.29) is 11.7 Å². The van der Waals surface area contributed by atoms with E-state index >= 15 is 0 Å². The van der Waals surface area contributed by atoms with Crippen LogP contribution in [0.2, 0.25) is 0 Å². The maximum atomic E-state index is 12.3. The summed E-state index contributed by atoms with van der Waals surface area (Å²) in [6.45, 7) is 1.41. The van der Waals surface area contributed by atoms with Crippen LogP contribution >= 0.6 is 0 Å². The van der Waals surface area contributed by atoms with Gasteiger partial charge in [0.2, 0.25) is 5.91 Å². The Labute approximate surface area is 137 Å². The van der Waals surface area contributed by atoms with E-state index < -0.39 is 11.5 Å². The van der Waals surface area contributed by atoms with Crippen molar-refractivity contribution in [1.29, 1.82) is 0 Å². The summed E-state index contributed by atoms with van der Waals surface area (Å²) in [5.41, 5.74) is 0.585. The van der Waals surface area contributed by atoms with E-state index in [0.717, 1.165) is 0 Å². The van der Waals surface area contributed by atoms with Crippen molar-refractivity contribution in [3.63, 3.8) is 0 Å². The molecule has 0 saturated carbocycles. The van der Waals surface area contributed by atoms with Crippen molar-refractivity contribution in [3.05, 3.63) is 70.8 Å². The summed E-state index contributed by atoms with van der Waals surface area (Å²) in [5.74, 6) is -0.764. The molecule has 2 amide bonds. The largest absolute Gasteiger partial charge is 0.417 e. The van der Waals surface area contributed by atoms with E-state index in [1.807, 2.05) is 0 Å².